The maximum atomic E-state index is 12.9. The summed E-state index contributed by atoms with van der Waals surface area (Å²) in [6.45, 7) is 1.04. The van der Waals surface area contributed by atoms with Crippen LogP contribution in [-0.2, 0) is 11.3 Å². The number of aliphatic hydroxyl groups is 1. The monoisotopic (exact) mass is 374 g/mol. The maximum absolute atomic E-state index is 12.9. The van der Waals surface area contributed by atoms with Crippen LogP contribution >= 0.6 is 0 Å². The van der Waals surface area contributed by atoms with Crippen LogP contribution in [0.15, 0.2) is 48.5 Å². The first kappa shape index (κ1) is 19.3. The van der Waals surface area contributed by atoms with E-state index in [2.05, 4.69) is 10.6 Å². The zero-order chi connectivity index (χ0) is 19.2. The van der Waals surface area contributed by atoms with Gasteiger partial charge in [0.2, 0.25) is 0 Å². The highest BCUT2D eigenvalue weighted by Crippen LogP contribution is 2.16. The Morgan fingerprint density at radius 3 is 2.59 bits per heavy atom. The summed E-state index contributed by atoms with van der Waals surface area (Å²) in [5.74, 6) is 0.156. The van der Waals surface area contributed by atoms with Gasteiger partial charge in [-0.2, -0.15) is 0 Å². The number of aliphatic hydroxyl groups excluding tert-OH is 1. The van der Waals surface area contributed by atoms with Crippen molar-refractivity contribution in [3.63, 3.8) is 0 Å². The molecule has 144 valence electrons. The average Bonchev–Trinajstić information content (AvgIpc) is 3.05. The molecule has 1 amide bonds. The zero-order valence-corrected chi connectivity index (χ0v) is 15.0. The lowest BCUT2D eigenvalue weighted by atomic mass is 10.1. The summed E-state index contributed by atoms with van der Waals surface area (Å²) >= 11 is 0. The number of carbonyl (C=O) groups excluding carboxylic acids is 1. The normalized spacial score (nSPS) is 21.8. The quantitative estimate of drug-likeness (QED) is 0.684. The lowest BCUT2D eigenvalue weighted by molar-refractivity contribution is 0.0398. The molecule has 0 bridgehead atoms. The van der Waals surface area contributed by atoms with Crippen LogP contribution < -0.4 is 15.4 Å². The highest BCUT2D eigenvalue weighted by Gasteiger charge is 2.35. The first-order chi connectivity index (χ1) is 13.1. The van der Waals surface area contributed by atoms with E-state index in [4.69, 9.17) is 9.47 Å². The molecule has 1 heterocycles. The Hall–Kier alpha value is -2.48. The smallest absolute Gasteiger partial charge is 0.251 e. The second kappa shape index (κ2) is 8.94. The van der Waals surface area contributed by atoms with Crippen molar-refractivity contribution >= 4 is 5.91 Å². The van der Waals surface area contributed by atoms with Gasteiger partial charge < -0.3 is 25.2 Å². The summed E-state index contributed by atoms with van der Waals surface area (Å²) in [5, 5.41) is 16.4. The van der Waals surface area contributed by atoms with E-state index < -0.39 is 12.2 Å². The molecule has 1 aliphatic rings. The van der Waals surface area contributed by atoms with Crippen LogP contribution in [0.3, 0.4) is 0 Å². The van der Waals surface area contributed by atoms with E-state index >= 15 is 0 Å². The topological polar surface area (TPSA) is 79.8 Å². The van der Waals surface area contributed by atoms with Gasteiger partial charge in [-0.3, -0.25) is 4.79 Å². The van der Waals surface area contributed by atoms with Crippen LogP contribution in [0.5, 0.6) is 5.75 Å². The van der Waals surface area contributed by atoms with Crippen molar-refractivity contribution in [3.05, 3.63) is 65.5 Å². The fourth-order valence-electron chi connectivity index (χ4n) is 2.93. The van der Waals surface area contributed by atoms with Crippen molar-refractivity contribution in [1.82, 2.24) is 10.6 Å². The predicted octanol–water partition coefficient (Wildman–Crippen LogP) is 1.48. The number of amides is 1. The summed E-state index contributed by atoms with van der Waals surface area (Å²) in [7, 11) is 1.56. The minimum Gasteiger partial charge on any atom is -0.497 e. The molecule has 0 aliphatic carbocycles. The summed E-state index contributed by atoms with van der Waals surface area (Å²) in [6, 6.07) is 12.7. The Morgan fingerprint density at radius 2 is 1.93 bits per heavy atom. The van der Waals surface area contributed by atoms with Crippen molar-refractivity contribution in [2.24, 2.45) is 0 Å². The molecule has 0 saturated carbocycles. The third-order valence-corrected chi connectivity index (χ3v) is 4.58. The molecule has 1 saturated heterocycles. The molecule has 27 heavy (non-hydrogen) atoms. The Labute approximate surface area is 157 Å². The SMILES string of the molecule is COc1ccc(C(=O)NCC2OCC(NCc3ccc(F)cc3)C2O)cc1. The molecule has 3 rings (SSSR count). The zero-order valence-electron chi connectivity index (χ0n) is 15.0. The van der Waals surface area contributed by atoms with Crippen LogP contribution in [0.1, 0.15) is 15.9 Å². The lowest BCUT2D eigenvalue weighted by Crippen LogP contribution is -2.44. The summed E-state index contributed by atoms with van der Waals surface area (Å²) in [6.07, 6.45) is -1.24. The van der Waals surface area contributed by atoms with Crippen molar-refractivity contribution in [3.8, 4) is 5.75 Å². The number of halogens is 1. The van der Waals surface area contributed by atoms with Crippen LogP contribution in [0.2, 0.25) is 0 Å². The van der Waals surface area contributed by atoms with Crippen LogP contribution in [0.25, 0.3) is 0 Å². The van der Waals surface area contributed by atoms with Gasteiger partial charge in [-0.05, 0) is 42.0 Å². The number of methoxy groups -OCH3 is 1. The number of nitrogens with one attached hydrogen (secondary N) is 2. The fourth-order valence-corrected chi connectivity index (χ4v) is 2.93. The Kier molecular flexibility index (Phi) is 6.39. The third kappa shape index (κ3) is 5.03. The van der Waals surface area contributed by atoms with Gasteiger partial charge in [-0.1, -0.05) is 12.1 Å². The largest absolute Gasteiger partial charge is 0.497 e. The molecule has 0 spiro atoms. The van der Waals surface area contributed by atoms with Crippen molar-refractivity contribution < 1.29 is 23.8 Å². The minimum absolute atomic E-state index is 0.209. The lowest BCUT2D eigenvalue weighted by Gasteiger charge is -2.19. The fraction of sp³-hybridized carbons (Fsp3) is 0.350. The van der Waals surface area contributed by atoms with E-state index in [1.165, 1.54) is 12.1 Å². The Balaban J connectivity index is 1.45. The van der Waals surface area contributed by atoms with Crippen molar-refractivity contribution in [1.29, 1.82) is 0 Å². The summed E-state index contributed by atoms with van der Waals surface area (Å²) in [5.41, 5.74) is 1.43. The van der Waals surface area contributed by atoms with Gasteiger partial charge in [0.05, 0.1) is 25.9 Å². The first-order valence-electron chi connectivity index (χ1n) is 8.76. The minimum atomic E-state index is -0.749. The van der Waals surface area contributed by atoms with Gasteiger partial charge in [0.15, 0.2) is 0 Å². The van der Waals surface area contributed by atoms with Gasteiger partial charge in [0.25, 0.3) is 5.91 Å². The molecule has 3 atom stereocenters. The van der Waals surface area contributed by atoms with Crippen LogP contribution in [-0.4, -0.2) is 49.5 Å². The van der Waals surface area contributed by atoms with E-state index in [-0.39, 0.29) is 24.3 Å². The molecule has 2 aromatic rings. The van der Waals surface area contributed by atoms with Crippen molar-refractivity contribution in [2.75, 3.05) is 20.3 Å². The van der Waals surface area contributed by atoms with Crippen LogP contribution in [0, 0.1) is 5.82 Å². The van der Waals surface area contributed by atoms with Crippen molar-refractivity contribution in [2.45, 2.75) is 24.8 Å². The average molecular weight is 374 g/mol. The number of benzene rings is 2. The molecule has 1 aliphatic heterocycles. The predicted molar refractivity (Wildman–Crippen MR) is 98.1 cm³/mol. The molecule has 6 nitrogen and oxygen atoms in total. The molecule has 0 aromatic heterocycles. The Morgan fingerprint density at radius 1 is 1.22 bits per heavy atom. The molecule has 1 fully saturated rings. The van der Waals surface area contributed by atoms with Crippen LogP contribution in [0.4, 0.5) is 4.39 Å². The molecular weight excluding hydrogens is 351 g/mol. The molecule has 7 heteroatoms. The highest BCUT2D eigenvalue weighted by atomic mass is 19.1. The van der Waals surface area contributed by atoms with Gasteiger partial charge in [-0.15, -0.1) is 0 Å². The van der Waals surface area contributed by atoms with E-state index in [9.17, 15) is 14.3 Å². The number of hydrogen-bond acceptors (Lipinski definition) is 5. The third-order valence-electron chi connectivity index (χ3n) is 4.58. The molecule has 3 N–H and O–H groups in total. The van der Waals surface area contributed by atoms with E-state index in [0.29, 0.717) is 24.5 Å². The van der Waals surface area contributed by atoms with Gasteiger partial charge in [0.1, 0.15) is 17.7 Å². The summed E-state index contributed by atoms with van der Waals surface area (Å²) in [4.78, 5) is 12.2. The second-order valence-corrected chi connectivity index (χ2v) is 6.41. The van der Waals surface area contributed by atoms with Gasteiger partial charge in [-0.25, -0.2) is 4.39 Å². The number of rotatable bonds is 7. The standard InChI is InChI=1S/C20H23FN2O4/c1-26-16-8-4-14(5-9-16)20(25)23-11-18-19(24)17(12-27-18)22-10-13-2-6-15(21)7-3-13/h2-9,17-19,22,24H,10-12H2,1H3,(H,23,25). The number of carbonyl (C=O) groups is 1. The van der Waals surface area contributed by atoms with E-state index in [1.54, 1.807) is 43.5 Å². The molecule has 3 unspecified atom stereocenters. The van der Waals surface area contributed by atoms with E-state index in [1.807, 2.05) is 0 Å². The second-order valence-electron chi connectivity index (χ2n) is 6.41. The highest BCUT2D eigenvalue weighted by molar-refractivity contribution is 5.94. The summed E-state index contributed by atoms with van der Waals surface area (Å²) < 4.78 is 23.6. The molecular formula is C20H23FN2O4. The Bertz CT molecular complexity index is 752. The van der Waals surface area contributed by atoms with Gasteiger partial charge >= 0.3 is 0 Å². The maximum Gasteiger partial charge on any atom is 0.251 e. The number of hydrogen-bond donors (Lipinski definition) is 3. The van der Waals surface area contributed by atoms with Gasteiger partial charge in [0, 0.05) is 18.7 Å². The van der Waals surface area contributed by atoms with E-state index in [0.717, 1.165) is 5.56 Å². The molecule has 2 aromatic carbocycles. The first-order valence-corrected chi connectivity index (χ1v) is 8.76. The molecule has 0 radical (unpaired) electrons. The number of ether oxygens (including phenoxy) is 2.